The van der Waals surface area contributed by atoms with Crippen LogP contribution in [0.1, 0.15) is 11.1 Å². The van der Waals surface area contributed by atoms with Gasteiger partial charge in [0.2, 0.25) is 0 Å². The molecule has 1 aliphatic heterocycles. The third-order valence-corrected chi connectivity index (χ3v) is 5.50. The van der Waals surface area contributed by atoms with Crippen LogP contribution in [0.3, 0.4) is 0 Å². The molecule has 0 bridgehead atoms. The van der Waals surface area contributed by atoms with Crippen LogP contribution in [0.5, 0.6) is 17.2 Å². The van der Waals surface area contributed by atoms with Crippen molar-refractivity contribution >= 4 is 23.1 Å². The molecule has 0 aliphatic carbocycles. The van der Waals surface area contributed by atoms with Gasteiger partial charge in [-0.25, -0.2) is 4.39 Å². The third kappa shape index (κ3) is 4.17. The molecular weight excluding hydrogens is 439 g/mol. The monoisotopic (exact) mass is 462 g/mol. The summed E-state index contributed by atoms with van der Waals surface area (Å²) in [6.07, 6.45) is 0. The second kappa shape index (κ2) is 9.66. The van der Waals surface area contributed by atoms with Crippen LogP contribution in [0, 0.1) is 5.82 Å². The summed E-state index contributed by atoms with van der Waals surface area (Å²) in [4.78, 5) is 28.1. The number of methoxy groups -OCH3 is 3. The molecule has 1 N–H and O–H groups in total. The summed E-state index contributed by atoms with van der Waals surface area (Å²) in [6, 6.07) is 18.0. The fourth-order valence-electron chi connectivity index (χ4n) is 3.78. The molecule has 7 nitrogen and oxygen atoms in total. The summed E-state index contributed by atoms with van der Waals surface area (Å²) in [5.74, 6) is -0.273. The Balaban J connectivity index is 1.83. The Morgan fingerprint density at radius 2 is 1.53 bits per heavy atom. The van der Waals surface area contributed by atoms with E-state index in [0.29, 0.717) is 28.5 Å². The molecule has 0 unspecified atom stereocenters. The Bertz CT molecular complexity index is 1290. The fourth-order valence-corrected chi connectivity index (χ4v) is 3.78. The van der Waals surface area contributed by atoms with Crippen molar-refractivity contribution < 1.29 is 28.2 Å². The van der Waals surface area contributed by atoms with Gasteiger partial charge in [-0.2, -0.15) is 0 Å². The molecule has 0 aromatic heterocycles. The number of halogens is 1. The molecule has 3 aromatic rings. The Morgan fingerprint density at radius 1 is 0.824 bits per heavy atom. The van der Waals surface area contributed by atoms with Crippen LogP contribution in [0.25, 0.3) is 5.57 Å². The van der Waals surface area contributed by atoms with Crippen molar-refractivity contribution in [3.8, 4) is 17.2 Å². The number of hydrogen-bond acceptors (Lipinski definition) is 6. The van der Waals surface area contributed by atoms with Gasteiger partial charge < -0.3 is 19.5 Å². The number of anilines is 1. The molecular formula is C26H23FN2O5. The van der Waals surface area contributed by atoms with Crippen molar-refractivity contribution in [3.63, 3.8) is 0 Å². The third-order valence-electron chi connectivity index (χ3n) is 5.50. The van der Waals surface area contributed by atoms with E-state index < -0.39 is 17.6 Å². The zero-order valence-corrected chi connectivity index (χ0v) is 18.9. The van der Waals surface area contributed by atoms with E-state index in [1.807, 2.05) is 0 Å². The number of carbonyl (C=O) groups excluding carboxylic acids is 2. The Hall–Kier alpha value is -4.33. The number of nitrogens with zero attached hydrogens (tertiary/aromatic N) is 1. The summed E-state index contributed by atoms with van der Waals surface area (Å²) in [6.45, 7) is -0.219. The molecule has 0 spiro atoms. The van der Waals surface area contributed by atoms with Crippen LogP contribution < -0.4 is 19.5 Å². The molecule has 3 aromatic carbocycles. The zero-order chi connectivity index (χ0) is 24.2. The van der Waals surface area contributed by atoms with Crippen molar-refractivity contribution in [1.29, 1.82) is 0 Å². The van der Waals surface area contributed by atoms with E-state index in [1.165, 1.54) is 33.5 Å². The summed E-state index contributed by atoms with van der Waals surface area (Å²) in [5, 5.41) is 3.06. The largest absolute Gasteiger partial charge is 0.497 e. The first-order valence-corrected chi connectivity index (χ1v) is 10.4. The van der Waals surface area contributed by atoms with Gasteiger partial charge in [0.1, 0.15) is 28.8 Å². The second-order valence-corrected chi connectivity index (χ2v) is 7.43. The van der Waals surface area contributed by atoms with Gasteiger partial charge in [0.15, 0.2) is 0 Å². The summed E-state index contributed by atoms with van der Waals surface area (Å²) < 4.78 is 30.5. The van der Waals surface area contributed by atoms with Crippen LogP contribution in [0.15, 0.2) is 72.4 Å². The highest BCUT2D eigenvalue weighted by Gasteiger charge is 2.40. The minimum absolute atomic E-state index is 0.0254. The molecule has 2 amide bonds. The maximum absolute atomic E-state index is 14.3. The average Bonchev–Trinajstić information content (AvgIpc) is 3.09. The van der Waals surface area contributed by atoms with Gasteiger partial charge in [-0.05, 0) is 24.3 Å². The lowest BCUT2D eigenvalue weighted by molar-refractivity contribution is -0.137. The molecule has 0 fully saturated rings. The number of ether oxygens (including phenoxy) is 3. The summed E-state index contributed by atoms with van der Waals surface area (Å²) in [5.41, 5.74) is 1.23. The zero-order valence-electron chi connectivity index (χ0n) is 18.9. The predicted molar refractivity (Wildman–Crippen MR) is 125 cm³/mol. The molecule has 0 saturated carbocycles. The van der Waals surface area contributed by atoms with E-state index in [1.54, 1.807) is 54.6 Å². The highest BCUT2D eigenvalue weighted by Crippen LogP contribution is 2.38. The second-order valence-electron chi connectivity index (χ2n) is 7.43. The topological polar surface area (TPSA) is 77.1 Å². The molecule has 1 heterocycles. The van der Waals surface area contributed by atoms with Crippen molar-refractivity contribution in [1.82, 2.24) is 4.90 Å². The molecule has 0 radical (unpaired) electrons. The number of benzene rings is 3. The standard InChI is InChI=1S/C26H23FN2O5/c1-32-17-12-13-22(34-3)20(14-17)28-24-23(18-9-5-7-11-21(18)33-2)25(30)29(26(24)31)15-16-8-4-6-10-19(16)27/h4-14,28H,15H2,1-3H3. The number of imide groups is 1. The van der Waals surface area contributed by atoms with Gasteiger partial charge in [0.25, 0.3) is 11.8 Å². The quantitative estimate of drug-likeness (QED) is 0.505. The Morgan fingerprint density at radius 3 is 2.24 bits per heavy atom. The van der Waals surface area contributed by atoms with Gasteiger partial charge in [0, 0.05) is 17.2 Å². The maximum atomic E-state index is 14.3. The van der Waals surface area contributed by atoms with Gasteiger partial charge in [0.05, 0.1) is 39.1 Å². The lowest BCUT2D eigenvalue weighted by Crippen LogP contribution is -2.32. The Kier molecular flexibility index (Phi) is 6.49. The van der Waals surface area contributed by atoms with Gasteiger partial charge in [-0.3, -0.25) is 14.5 Å². The summed E-state index contributed by atoms with van der Waals surface area (Å²) >= 11 is 0. The fraction of sp³-hybridized carbons (Fsp3) is 0.154. The van der Waals surface area contributed by atoms with E-state index in [2.05, 4.69) is 5.32 Å². The molecule has 0 saturated heterocycles. The first kappa shape index (κ1) is 22.8. The average molecular weight is 462 g/mol. The van der Waals surface area contributed by atoms with E-state index in [9.17, 15) is 14.0 Å². The van der Waals surface area contributed by atoms with Crippen LogP contribution in [0.4, 0.5) is 10.1 Å². The molecule has 1 aliphatic rings. The molecule has 34 heavy (non-hydrogen) atoms. The van der Waals surface area contributed by atoms with Crippen LogP contribution in [-0.2, 0) is 16.1 Å². The molecule has 174 valence electrons. The first-order chi connectivity index (χ1) is 16.5. The number of amides is 2. The predicted octanol–water partition coefficient (Wildman–Crippen LogP) is 4.24. The highest BCUT2D eigenvalue weighted by molar-refractivity contribution is 6.37. The van der Waals surface area contributed by atoms with E-state index in [0.717, 1.165) is 4.90 Å². The molecule has 4 rings (SSSR count). The van der Waals surface area contributed by atoms with Crippen molar-refractivity contribution in [2.24, 2.45) is 0 Å². The smallest absolute Gasteiger partial charge is 0.278 e. The Labute approximate surface area is 196 Å². The minimum atomic E-state index is -0.598. The normalized spacial score (nSPS) is 13.4. The van der Waals surface area contributed by atoms with Crippen molar-refractivity contribution in [2.75, 3.05) is 26.6 Å². The van der Waals surface area contributed by atoms with Gasteiger partial charge in [-0.1, -0.05) is 36.4 Å². The first-order valence-electron chi connectivity index (χ1n) is 10.4. The molecule has 0 atom stereocenters. The lowest BCUT2D eigenvalue weighted by Gasteiger charge is -2.16. The van der Waals surface area contributed by atoms with E-state index in [-0.39, 0.29) is 23.4 Å². The highest BCUT2D eigenvalue weighted by atomic mass is 19.1. The van der Waals surface area contributed by atoms with E-state index in [4.69, 9.17) is 14.2 Å². The van der Waals surface area contributed by atoms with Crippen molar-refractivity contribution in [3.05, 3.63) is 89.4 Å². The van der Waals surface area contributed by atoms with E-state index >= 15 is 0 Å². The van der Waals surface area contributed by atoms with Crippen molar-refractivity contribution in [2.45, 2.75) is 6.54 Å². The van der Waals surface area contributed by atoms with Gasteiger partial charge >= 0.3 is 0 Å². The SMILES string of the molecule is COc1ccc(OC)c(NC2=C(c3ccccc3OC)C(=O)N(Cc3ccccc3F)C2=O)c1. The number of carbonyl (C=O) groups is 2. The number of rotatable bonds is 8. The van der Waals surface area contributed by atoms with Crippen LogP contribution in [-0.4, -0.2) is 38.0 Å². The van der Waals surface area contributed by atoms with Gasteiger partial charge in [-0.15, -0.1) is 0 Å². The summed E-state index contributed by atoms with van der Waals surface area (Å²) in [7, 11) is 4.50. The number of hydrogen-bond donors (Lipinski definition) is 1. The number of para-hydroxylation sites is 1. The number of nitrogens with one attached hydrogen (secondary N) is 1. The molecule has 8 heteroatoms. The maximum Gasteiger partial charge on any atom is 0.278 e. The van der Waals surface area contributed by atoms with Crippen LogP contribution in [0.2, 0.25) is 0 Å². The lowest BCUT2D eigenvalue weighted by atomic mass is 10.0. The minimum Gasteiger partial charge on any atom is -0.497 e. The van der Waals surface area contributed by atoms with Crippen LogP contribution >= 0.6 is 0 Å².